The molecule has 1 N–H and O–H groups in total. The fourth-order valence-corrected chi connectivity index (χ4v) is 3.85. The van der Waals surface area contributed by atoms with Crippen LogP contribution < -0.4 is 5.32 Å². The van der Waals surface area contributed by atoms with Gasteiger partial charge in [-0.1, -0.05) is 11.8 Å². The van der Waals surface area contributed by atoms with Gasteiger partial charge in [-0.15, -0.1) is 0 Å². The van der Waals surface area contributed by atoms with Crippen molar-refractivity contribution in [3.63, 3.8) is 0 Å². The quantitative estimate of drug-likeness (QED) is 0.747. The number of aryl methyl sites for hydroxylation is 2. The number of hydrogen-bond donors (Lipinski definition) is 1. The number of sulfonamides is 1. The molecular formula is C16H23N5O3S2. The van der Waals surface area contributed by atoms with Crippen molar-refractivity contribution in [2.45, 2.75) is 35.9 Å². The number of anilines is 1. The van der Waals surface area contributed by atoms with Gasteiger partial charge in [0.1, 0.15) is 4.90 Å². The first-order valence-electron chi connectivity index (χ1n) is 7.90. The zero-order valence-electron chi connectivity index (χ0n) is 15.6. The van der Waals surface area contributed by atoms with Crippen LogP contribution in [0, 0.1) is 13.8 Å². The van der Waals surface area contributed by atoms with Gasteiger partial charge >= 0.3 is 0 Å². The minimum absolute atomic E-state index is 0.116. The maximum Gasteiger partial charge on any atom is 0.244 e. The van der Waals surface area contributed by atoms with Gasteiger partial charge in [0.2, 0.25) is 15.9 Å². The molecule has 0 radical (unpaired) electrons. The third kappa shape index (κ3) is 4.25. The van der Waals surface area contributed by atoms with Crippen molar-refractivity contribution < 1.29 is 13.2 Å². The van der Waals surface area contributed by atoms with Gasteiger partial charge in [0.05, 0.1) is 27.4 Å². The molecule has 0 aliphatic heterocycles. The number of amides is 1. The molecule has 142 valence electrons. The summed E-state index contributed by atoms with van der Waals surface area (Å²) in [4.78, 5) is 16.7. The highest BCUT2D eigenvalue weighted by atomic mass is 32.2. The number of pyridine rings is 1. The van der Waals surface area contributed by atoms with Crippen molar-refractivity contribution in [2.75, 3.05) is 19.4 Å². The number of nitrogens with zero attached hydrogens (tertiary/aromatic N) is 4. The Labute approximate surface area is 158 Å². The van der Waals surface area contributed by atoms with Gasteiger partial charge in [0, 0.05) is 27.3 Å². The average molecular weight is 398 g/mol. The molecule has 1 atom stereocenters. The molecule has 2 aromatic rings. The summed E-state index contributed by atoms with van der Waals surface area (Å²) in [5.41, 5.74) is 2.35. The Balaban J connectivity index is 2.07. The topological polar surface area (TPSA) is 97.2 Å². The summed E-state index contributed by atoms with van der Waals surface area (Å²) >= 11 is 1.26. The molecule has 2 heterocycles. The predicted octanol–water partition coefficient (Wildman–Crippen LogP) is 1.80. The second-order valence-electron chi connectivity index (χ2n) is 6.04. The number of carbonyl (C=O) groups is 1. The largest absolute Gasteiger partial charge is 0.322 e. The lowest BCUT2D eigenvalue weighted by atomic mass is 10.3. The monoisotopic (exact) mass is 397 g/mol. The van der Waals surface area contributed by atoms with Gasteiger partial charge in [-0.2, -0.15) is 5.10 Å². The van der Waals surface area contributed by atoms with Crippen molar-refractivity contribution in [3.05, 3.63) is 29.7 Å². The zero-order chi connectivity index (χ0) is 19.6. The maximum atomic E-state index is 12.4. The molecular weight excluding hydrogens is 374 g/mol. The third-order valence-corrected chi connectivity index (χ3v) is 6.76. The van der Waals surface area contributed by atoms with Crippen molar-refractivity contribution in [1.29, 1.82) is 0 Å². The van der Waals surface area contributed by atoms with Crippen LogP contribution in [0.25, 0.3) is 0 Å². The van der Waals surface area contributed by atoms with E-state index in [1.165, 1.54) is 38.1 Å². The molecule has 0 saturated carbocycles. The summed E-state index contributed by atoms with van der Waals surface area (Å²) in [5, 5.41) is 7.34. The molecule has 1 amide bonds. The molecule has 2 aromatic heterocycles. The molecule has 0 spiro atoms. The van der Waals surface area contributed by atoms with Crippen molar-refractivity contribution in [1.82, 2.24) is 19.1 Å². The van der Waals surface area contributed by atoms with E-state index < -0.39 is 15.3 Å². The van der Waals surface area contributed by atoms with E-state index in [-0.39, 0.29) is 10.8 Å². The molecule has 0 aliphatic carbocycles. The van der Waals surface area contributed by atoms with E-state index in [2.05, 4.69) is 15.4 Å². The van der Waals surface area contributed by atoms with E-state index in [4.69, 9.17) is 0 Å². The Hall–Kier alpha value is -1.91. The van der Waals surface area contributed by atoms with Crippen LogP contribution in [-0.4, -0.2) is 52.7 Å². The number of aromatic nitrogens is 3. The first kappa shape index (κ1) is 20.4. The summed E-state index contributed by atoms with van der Waals surface area (Å²) in [5.74, 6) is -0.166. The van der Waals surface area contributed by atoms with Crippen molar-refractivity contribution in [3.8, 4) is 0 Å². The van der Waals surface area contributed by atoms with E-state index in [0.717, 1.165) is 15.7 Å². The molecule has 2 rings (SSSR count). The SMILES string of the molecule is Cc1nn(C)c(C)c1NC(=O)[C@H](C)Sc1ccc(S(=O)(=O)N(C)C)cn1. The Bertz CT molecular complexity index is 905. The fourth-order valence-electron chi connectivity index (χ4n) is 2.21. The highest BCUT2D eigenvalue weighted by Crippen LogP contribution is 2.25. The Morgan fingerprint density at radius 3 is 2.42 bits per heavy atom. The van der Waals surface area contributed by atoms with Gasteiger partial charge in [-0.05, 0) is 32.9 Å². The minimum atomic E-state index is -3.51. The highest BCUT2D eigenvalue weighted by Gasteiger charge is 2.21. The molecule has 26 heavy (non-hydrogen) atoms. The molecule has 0 bridgehead atoms. The van der Waals surface area contributed by atoms with Gasteiger partial charge in [0.25, 0.3) is 0 Å². The van der Waals surface area contributed by atoms with Gasteiger partial charge in [-0.3, -0.25) is 9.48 Å². The van der Waals surface area contributed by atoms with Crippen LogP contribution in [0.4, 0.5) is 5.69 Å². The van der Waals surface area contributed by atoms with Gasteiger partial charge in [-0.25, -0.2) is 17.7 Å². The lowest BCUT2D eigenvalue weighted by Crippen LogP contribution is -2.23. The van der Waals surface area contributed by atoms with Crippen LogP contribution in [0.2, 0.25) is 0 Å². The number of thioether (sulfide) groups is 1. The van der Waals surface area contributed by atoms with E-state index >= 15 is 0 Å². The summed E-state index contributed by atoms with van der Waals surface area (Å²) in [6.45, 7) is 5.50. The molecule has 0 aromatic carbocycles. The molecule has 8 nitrogen and oxygen atoms in total. The minimum Gasteiger partial charge on any atom is -0.322 e. The lowest BCUT2D eigenvalue weighted by Gasteiger charge is -2.13. The number of hydrogen-bond acceptors (Lipinski definition) is 6. The standard InChI is InChI=1S/C16H23N5O3S2/c1-10-15(11(2)21(6)19-10)18-16(22)12(3)25-14-8-7-13(9-17-14)26(23,24)20(4)5/h7-9,12H,1-6H3,(H,18,22)/t12-/m0/s1. The van der Waals surface area contributed by atoms with Crippen LogP contribution >= 0.6 is 11.8 Å². The maximum absolute atomic E-state index is 12.4. The van der Waals surface area contributed by atoms with Crippen LogP contribution in [0.15, 0.2) is 28.3 Å². The molecule has 0 fully saturated rings. The van der Waals surface area contributed by atoms with Crippen LogP contribution in [0.3, 0.4) is 0 Å². The van der Waals surface area contributed by atoms with E-state index in [0.29, 0.717) is 10.7 Å². The summed E-state index contributed by atoms with van der Waals surface area (Å²) in [7, 11) is 1.24. The number of rotatable bonds is 6. The van der Waals surface area contributed by atoms with E-state index in [1.54, 1.807) is 17.7 Å². The van der Waals surface area contributed by atoms with Crippen molar-refractivity contribution >= 4 is 33.4 Å². The van der Waals surface area contributed by atoms with Gasteiger partial charge in [0.15, 0.2) is 0 Å². The van der Waals surface area contributed by atoms with Crippen LogP contribution in [0.5, 0.6) is 0 Å². The highest BCUT2D eigenvalue weighted by molar-refractivity contribution is 8.00. The predicted molar refractivity (Wildman–Crippen MR) is 102 cm³/mol. The Morgan fingerprint density at radius 2 is 1.96 bits per heavy atom. The first-order chi connectivity index (χ1) is 12.0. The lowest BCUT2D eigenvalue weighted by molar-refractivity contribution is -0.115. The Morgan fingerprint density at radius 1 is 1.31 bits per heavy atom. The zero-order valence-corrected chi connectivity index (χ0v) is 17.3. The molecule has 10 heteroatoms. The molecule has 0 saturated heterocycles. The third-order valence-electron chi connectivity index (χ3n) is 3.91. The fraction of sp³-hybridized carbons (Fsp3) is 0.438. The number of carbonyl (C=O) groups excluding carboxylic acids is 1. The molecule has 0 aliphatic rings. The smallest absolute Gasteiger partial charge is 0.244 e. The number of nitrogens with one attached hydrogen (secondary N) is 1. The average Bonchev–Trinajstić information content (AvgIpc) is 2.81. The van der Waals surface area contributed by atoms with Crippen molar-refractivity contribution in [2.24, 2.45) is 7.05 Å². The van der Waals surface area contributed by atoms with E-state index in [9.17, 15) is 13.2 Å². The normalized spacial score (nSPS) is 13.0. The first-order valence-corrected chi connectivity index (χ1v) is 10.2. The summed E-state index contributed by atoms with van der Waals surface area (Å²) < 4.78 is 26.9. The summed E-state index contributed by atoms with van der Waals surface area (Å²) in [6.07, 6.45) is 1.30. The summed E-state index contributed by atoms with van der Waals surface area (Å²) in [6, 6.07) is 3.09. The Kier molecular flexibility index (Phi) is 6.09. The molecule has 0 unspecified atom stereocenters. The van der Waals surface area contributed by atoms with E-state index in [1.807, 2.05) is 20.9 Å². The second kappa shape index (κ2) is 7.77. The second-order valence-corrected chi connectivity index (χ2v) is 9.55. The van der Waals surface area contributed by atoms with Crippen LogP contribution in [-0.2, 0) is 21.9 Å². The van der Waals surface area contributed by atoms with Gasteiger partial charge < -0.3 is 5.32 Å². The van der Waals surface area contributed by atoms with Crippen LogP contribution in [0.1, 0.15) is 18.3 Å².